The lowest BCUT2D eigenvalue weighted by Gasteiger charge is -2.19. The van der Waals surface area contributed by atoms with Crippen LogP contribution in [0.3, 0.4) is 0 Å². The molecule has 0 spiro atoms. The van der Waals surface area contributed by atoms with Crippen LogP contribution in [0, 0.1) is 0 Å². The Morgan fingerprint density at radius 3 is 2.26 bits per heavy atom. The average Bonchev–Trinajstić information content (AvgIpc) is 3.47. The molecule has 198 valence electrons. The summed E-state index contributed by atoms with van der Waals surface area (Å²) in [6, 6.07) is 25.1. The molecule has 4 aromatic rings. The number of amides is 1. The van der Waals surface area contributed by atoms with Crippen molar-refractivity contribution in [2.24, 2.45) is 0 Å². The molecule has 0 aliphatic heterocycles. The van der Waals surface area contributed by atoms with E-state index in [0.29, 0.717) is 6.54 Å². The normalized spacial score (nSPS) is 14.7. The van der Waals surface area contributed by atoms with Crippen LogP contribution in [0.1, 0.15) is 52.4 Å². The third kappa shape index (κ3) is 5.04. The number of carboxylic acids is 1. The molecule has 6 rings (SSSR count). The molecule has 3 aromatic carbocycles. The molecular weight excluding hydrogens is 490 g/mol. The van der Waals surface area contributed by atoms with E-state index in [4.69, 9.17) is 9.84 Å². The van der Waals surface area contributed by atoms with Gasteiger partial charge in [0.15, 0.2) is 0 Å². The highest BCUT2D eigenvalue weighted by molar-refractivity contribution is 5.81. The van der Waals surface area contributed by atoms with Gasteiger partial charge in [-0.25, -0.2) is 9.59 Å². The van der Waals surface area contributed by atoms with Gasteiger partial charge >= 0.3 is 12.1 Å². The van der Waals surface area contributed by atoms with Crippen LogP contribution in [0.2, 0.25) is 0 Å². The van der Waals surface area contributed by atoms with Crippen molar-refractivity contribution in [3.05, 3.63) is 113 Å². The number of aliphatic carboxylic acids is 1. The summed E-state index contributed by atoms with van der Waals surface area (Å²) in [5.74, 6) is -1.19. The van der Waals surface area contributed by atoms with E-state index < -0.39 is 18.1 Å². The van der Waals surface area contributed by atoms with E-state index in [9.17, 15) is 14.7 Å². The largest absolute Gasteiger partial charge is 0.480 e. The second-order valence-electron chi connectivity index (χ2n) is 10.3. The summed E-state index contributed by atoms with van der Waals surface area (Å²) >= 11 is 0. The molecule has 0 unspecified atom stereocenters. The first-order chi connectivity index (χ1) is 19.1. The van der Waals surface area contributed by atoms with Gasteiger partial charge in [-0.3, -0.25) is 4.68 Å². The van der Waals surface area contributed by atoms with Gasteiger partial charge in [0, 0.05) is 18.0 Å². The van der Waals surface area contributed by atoms with Crippen LogP contribution in [-0.2, 0) is 35.3 Å². The molecule has 0 fully saturated rings. The number of hydrogen-bond donors (Lipinski definition) is 2. The van der Waals surface area contributed by atoms with E-state index in [2.05, 4.69) is 29.6 Å². The maximum atomic E-state index is 12.9. The topological polar surface area (TPSA) is 93.5 Å². The Bertz CT molecular complexity index is 1470. The zero-order valence-electron chi connectivity index (χ0n) is 21.7. The van der Waals surface area contributed by atoms with E-state index in [1.54, 1.807) is 0 Å². The molecule has 1 aromatic heterocycles. The summed E-state index contributed by atoms with van der Waals surface area (Å²) in [7, 11) is 0. The Morgan fingerprint density at radius 1 is 0.923 bits per heavy atom. The summed E-state index contributed by atoms with van der Waals surface area (Å²) in [5.41, 5.74) is 8.63. The quantitative estimate of drug-likeness (QED) is 0.326. The predicted molar refractivity (Wildman–Crippen MR) is 148 cm³/mol. The monoisotopic (exact) mass is 521 g/mol. The van der Waals surface area contributed by atoms with Crippen LogP contribution in [0.25, 0.3) is 11.1 Å². The number of carboxylic acid groups (broad SMARTS) is 1. The van der Waals surface area contributed by atoms with E-state index in [-0.39, 0.29) is 18.9 Å². The Balaban J connectivity index is 1.18. The summed E-state index contributed by atoms with van der Waals surface area (Å²) in [5, 5.41) is 17.5. The molecule has 0 radical (unpaired) electrons. The fraction of sp³-hybridized carbons (Fsp3) is 0.281. The van der Waals surface area contributed by atoms with E-state index in [1.165, 1.54) is 0 Å². The minimum atomic E-state index is -1.13. The SMILES string of the molecule is O=C(N[C@@H](Cc1c2c(nn1Cc1ccccc1)CCCC2)C(=O)O)OCC1c2ccccc2-c2ccccc21. The highest BCUT2D eigenvalue weighted by Gasteiger charge is 2.31. The fourth-order valence-electron chi connectivity index (χ4n) is 5.96. The zero-order valence-corrected chi connectivity index (χ0v) is 21.7. The average molecular weight is 522 g/mol. The Labute approximate surface area is 227 Å². The first-order valence-corrected chi connectivity index (χ1v) is 13.5. The lowest BCUT2D eigenvalue weighted by atomic mass is 9.94. The van der Waals surface area contributed by atoms with Crippen molar-refractivity contribution in [1.82, 2.24) is 15.1 Å². The number of carbonyl (C=O) groups is 2. The highest BCUT2D eigenvalue weighted by Crippen LogP contribution is 2.44. The summed E-state index contributed by atoms with van der Waals surface area (Å²) in [6.45, 7) is 0.688. The van der Waals surface area contributed by atoms with Crippen LogP contribution < -0.4 is 5.32 Å². The van der Waals surface area contributed by atoms with E-state index >= 15 is 0 Å². The summed E-state index contributed by atoms with van der Waals surface area (Å²) in [6.07, 6.45) is 3.31. The van der Waals surface area contributed by atoms with Crippen LogP contribution >= 0.6 is 0 Å². The van der Waals surface area contributed by atoms with Crippen molar-refractivity contribution in [2.75, 3.05) is 6.61 Å². The minimum absolute atomic E-state index is 0.0919. The lowest BCUT2D eigenvalue weighted by Crippen LogP contribution is -2.43. The van der Waals surface area contributed by atoms with Crippen molar-refractivity contribution in [1.29, 1.82) is 0 Å². The smallest absolute Gasteiger partial charge is 0.407 e. The fourth-order valence-corrected chi connectivity index (χ4v) is 5.96. The molecule has 1 heterocycles. The van der Waals surface area contributed by atoms with Crippen LogP contribution in [0.15, 0.2) is 78.9 Å². The molecule has 39 heavy (non-hydrogen) atoms. The van der Waals surface area contributed by atoms with Crippen LogP contribution in [0.4, 0.5) is 4.79 Å². The molecule has 0 saturated carbocycles. The number of ether oxygens (including phenoxy) is 1. The van der Waals surface area contributed by atoms with Crippen molar-refractivity contribution in [3.8, 4) is 11.1 Å². The number of nitrogens with zero attached hydrogens (tertiary/aromatic N) is 2. The first-order valence-electron chi connectivity index (χ1n) is 13.5. The number of alkyl carbamates (subject to hydrolysis) is 1. The Kier molecular flexibility index (Phi) is 6.88. The zero-order chi connectivity index (χ0) is 26.8. The van der Waals surface area contributed by atoms with Gasteiger partial charge in [0.1, 0.15) is 12.6 Å². The maximum absolute atomic E-state index is 12.9. The van der Waals surface area contributed by atoms with Gasteiger partial charge in [-0.05, 0) is 59.1 Å². The second-order valence-corrected chi connectivity index (χ2v) is 10.3. The van der Waals surface area contributed by atoms with Crippen LogP contribution in [0.5, 0.6) is 0 Å². The van der Waals surface area contributed by atoms with Gasteiger partial charge in [0.25, 0.3) is 0 Å². The van der Waals surface area contributed by atoms with Gasteiger partial charge in [-0.2, -0.15) is 5.10 Å². The molecule has 1 atom stereocenters. The molecule has 2 aliphatic rings. The van der Waals surface area contributed by atoms with E-state index in [0.717, 1.165) is 70.5 Å². The summed E-state index contributed by atoms with van der Waals surface area (Å²) < 4.78 is 7.56. The number of nitrogens with one attached hydrogen (secondary N) is 1. The molecular formula is C32H31N3O4. The number of carbonyl (C=O) groups excluding carboxylic acids is 1. The first kappa shape index (κ1) is 24.9. The number of fused-ring (bicyclic) bond motifs is 4. The third-order valence-corrected chi connectivity index (χ3v) is 7.85. The predicted octanol–water partition coefficient (Wildman–Crippen LogP) is 5.34. The highest BCUT2D eigenvalue weighted by atomic mass is 16.5. The molecule has 2 aliphatic carbocycles. The Morgan fingerprint density at radius 2 is 1.56 bits per heavy atom. The van der Waals surface area contributed by atoms with Gasteiger partial charge < -0.3 is 15.2 Å². The molecule has 7 heteroatoms. The number of rotatable bonds is 8. The van der Waals surface area contributed by atoms with Crippen molar-refractivity contribution in [3.63, 3.8) is 0 Å². The maximum Gasteiger partial charge on any atom is 0.407 e. The van der Waals surface area contributed by atoms with Crippen molar-refractivity contribution < 1.29 is 19.4 Å². The molecule has 2 N–H and O–H groups in total. The van der Waals surface area contributed by atoms with Gasteiger partial charge in [0.2, 0.25) is 0 Å². The second kappa shape index (κ2) is 10.8. The Hall–Kier alpha value is -4.39. The van der Waals surface area contributed by atoms with Crippen molar-refractivity contribution >= 4 is 12.1 Å². The van der Waals surface area contributed by atoms with Crippen LogP contribution in [-0.4, -0.2) is 39.6 Å². The van der Waals surface area contributed by atoms with Crippen molar-refractivity contribution in [2.45, 2.75) is 50.6 Å². The van der Waals surface area contributed by atoms with Gasteiger partial charge in [-0.1, -0.05) is 78.9 Å². The van der Waals surface area contributed by atoms with Gasteiger partial charge in [-0.15, -0.1) is 0 Å². The van der Waals surface area contributed by atoms with E-state index in [1.807, 2.05) is 59.3 Å². The number of aromatic nitrogens is 2. The number of benzene rings is 3. The number of hydrogen-bond acceptors (Lipinski definition) is 4. The lowest BCUT2D eigenvalue weighted by molar-refractivity contribution is -0.139. The molecule has 0 bridgehead atoms. The molecule has 0 saturated heterocycles. The minimum Gasteiger partial charge on any atom is -0.480 e. The molecule has 7 nitrogen and oxygen atoms in total. The third-order valence-electron chi connectivity index (χ3n) is 7.85. The van der Waals surface area contributed by atoms with Gasteiger partial charge in [0.05, 0.1) is 12.2 Å². The number of aryl methyl sites for hydroxylation is 1. The standard InChI is InChI=1S/C32H31N3O4/c36-31(37)29(18-30-26-16-8-9-17-28(26)34-35(30)19-21-10-2-1-3-11-21)33-32(38)39-20-27-24-14-6-4-12-22(24)23-13-5-7-15-25(23)27/h1-7,10-15,27,29H,8-9,16-20H2,(H,33,38)(H,36,37)/t29-/m0/s1. The summed E-state index contributed by atoms with van der Waals surface area (Å²) in [4.78, 5) is 25.2. The molecule has 1 amide bonds.